The highest BCUT2D eigenvalue weighted by Gasteiger charge is 2.28. The summed E-state index contributed by atoms with van der Waals surface area (Å²) in [5.74, 6) is -0.522. The van der Waals surface area contributed by atoms with E-state index in [0.29, 0.717) is 12.8 Å². The molecule has 0 radical (unpaired) electrons. The normalized spacial score (nSPS) is 11.4. The summed E-state index contributed by atoms with van der Waals surface area (Å²) in [5.41, 5.74) is 3.88. The molecule has 0 spiro atoms. The number of carbonyl (C=O) groups is 1. The molecule has 0 aliphatic rings. The van der Waals surface area contributed by atoms with E-state index >= 15 is 0 Å². The number of aromatic nitrogens is 2. The molecule has 19 heavy (non-hydrogen) atoms. The summed E-state index contributed by atoms with van der Waals surface area (Å²) in [5, 5.41) is 2.78. The van der Waals surface area contributed by atoms with Crippen LogP contribution in [0.3, 0.4) is 0 Å². The van der Waals surface area contributed by atoms with Gasteiger partial charge in [-0.15, -0.1) is 0 Å². The van der Waals surface area contributed by atoms with Crippen molar-refractivity contribution in [3.63, 3.8) is 0 Å². The largest absolute Gasteiger partial charge is 0.345 e. The fourth-order valence-corrected chi connectivity index (χ4v) is 1.80. The number of hydrogen-bond donors (Lipinski definition) is 3. The van der Waals surface area contributed by atoms with E-state index in [0.717, 1.165) is 10.8 Å². The van der Waals surface area contributed by atoms with Crippen LogP contribution in [0.25, 0.3) is 0 Å². The first-order valence-corrected chi connectivity index (χ1v) is 6.22. The fourth-order valence-electron chi connectivity index (χ4n) is 1.80. The molecule has 7 heteroatoms. The van der Waals surface area contributed by atoms with Crippen LogP contribution in [0.4, 0.5) is 0 Å². The number of carbonyl (C=O) groups excluding carboxylic acids is 1. The van der Waals surface area contributed by atoms with E-state index < -0.39 is 22.7 Å². The van der Waals surface area contributed by atoms with Gasteiger partial charge in [0.25, 0.3) is 11.5 Å². The van der Waals surface area contributed by atoms with Crippen LogP contribution >= 0.6 is 0 Å². The van der Waals surface area contributed by atoms with Gasteiger partial charge in [-0.1, -0.05) is 13.8 Å². The van der Waals surface area contributed by atoms with E-state index in [1.807, 2.05) is 13.8 Å². The minimum Gasteiger partial charge on any atom is -0.345 e. The Morgan fingerprint density at radius 3 is 2.47 bits per heavy atom. The van der Waals surface area contributed by atoms with Crippen molar-refractivity contribution in [3.8, 4) is 0 Å². The van der Waals surface area contributed by atoms with E-state index in [1.165, 1.54) is 7.05 Å². The third-order valence-electron chi connectivity index (χ3n) is 3.55. The van der Waals surface area contributed by atoms with E-state index in [1.54, 1.807) is 0 Å². The predicted molar refractivity (Wildman–Crippen MR) is 72.1 cm³/mol. The third kappa shape index (κ3) is 2.93. The highest BCUT2D eigenvalue weighted by atomic mass is 16.2. The second-order valence-electron chi connectivity index (χ2n) is 4.52. The van der Waals surface area contributed by atoms with Gasteiger partial charge in [0.05, 0.1) is 5.54 Å². The van der Waals surface area contributed by atoms with E-state index in [-0.39, 0.29) is 12.1 Å². The summed E-state index contributed by atoms with van der Waals surface area (Å²) in [6.07, 6.45) is 2.46. The van der Waals surface area contributed by atoms with Crippen LogP contribution in [0.2, 0.25) is 0 Å². The van der Waals surface area contributed by atoms with Crippen molar-refractivity contribution in [1.82, 2.24) is 14.9 Å². The average Bonchev–Trinajstić information content (AvgIpc) is 2.42. The molecular weight excluding hydrogens is 248 g/mol. The van der Waals surface area contributed by atoms with Gasteiger partial charge in [0.1, 0.15) is 5.56 Å². The molecule has 4 N–H and O–H groups in total. The maximum absolute atomic E-state index is 12.1. The lowest BCUT2D eigenvalue weighted by Gasteiger charge is -2.31. The molecule has 0 saturated heterocycles. The highest BCUT2D eigenvalue weighted by molar-refractivity contribution is 5.94. The Balaban J connectivity index is 3.12. The standard InChI is InChI=1S/C12H20N4O3/c1-4-12(5-2,7-13)15-9(17)8-6-14-11(19)16(3)10(8)18/h6H,4-5,7,13H2,1-3H3,(H,14,19)(H,15,17). The summed E-state index contributed by atoms with van der Waals surface area (Å²) in [6.45, 7) is 4.12. The lowest BCUT2D eigenvalue weighted by Crippen LogP contribution is -2.54. The zero-order valence-corrected chi connectivity index (χ0v) is 11.4. The van der Waals surface area contributed by atoms with Crippen LogP contribution in [0.5, 0.6) is 0 Å². The molecule has 1 aromatic heterocycles. The summed E-state index contributed by atoms with van der Waals surface area (Å²) >= 11 is 0. The van der Waals surface area contributed by atoms with Crippen LogP contribution in [-0.4, -0.2) is 27.5 Å². The molecule has 0 aliphatic carbocycles. The Kier molecular flexibility index (Phi) is 4.66. The summed E-state index contributed by atoms with van der Waals surface area (Å²) in [7, 11) is 1.31. The van der Waals surface area contributed by atoms with Gasteiger partial charge < -0.3 is 16.0 Å². The molecule has 1 rings (SSSR count). The quantitative estimate of drug-likeness (QED) is 0.657. The Morgan fingerprint density at radius 2 is 2.00 bits per heavy atom. The van der Waals surface area contributed by atoms with Gasteiger partial charge in [-0.3, -0.25) is 14.2 Å². The molecule has 0 fully saturated rings. The first-order chi connectivity index (χ1) is 8.90. The second kappa shape index (κ2) is 5.83. The Labute approximate surface area is 110 Å². The summed E-state index contributed by atoms with van der Waals surface area (Å²) in [4.78, 5) is 37.5. The summed E-state index contributed by atoms with van der Waals surface area (Å²) < 4.78 is 0.858. The van der Waals surface area contributed by atoms with E-state index in [2.05, 4.69) is 10.3 Å². The molecule has 106 valence electrons. The second-order valence-corrected chi connectivity index (χ2v) is 4.52. The number of nitrogens with zero attached hydrogens (tertiary/aromatic N) is 1. The van der Waals surface area contributed by atoms with Crippen molar-refractivity contribution in [2.24, 2.45) is 12.8 Å². The maximum Gasteiger partial charge on any atom is 0.328 e. The van der Waals surface area contributed by atoms with Gasteiger partial charge in [-0.2, -0.15) is 0 Å². The number of nitrogens with one attached hydrogen (secondary N) is 2. The van der Waals surface area contributed by atoms with E-state index in [9.17, 15) is 14.4 Å². The molecule has 0 aromatic carbocycles. The number of rotatable bonds is 5. The van der Waals surface area contributed by atoms with Gasteiger partial charge >= 0.3 is 5.69 Å². The van der Waals surface area contributed by atoms with Crippen molar-refractivity contribution in [2.75, 3.05) is 6.54 Å². The minimum atomic E-state index is -0.626. The molecule has 0 aliphatic heterocycles. The van der Waals surface area contributed by atoms with Crippen molar-refractivity contribution in [1.29, 1.82) is 0 Å². The van der Waals surface area contributed by atoms with Crippen LogP contribution in [-0.2, 0) is 7.05 Å². The zero-order chi connectivity index (χ0) is 14.6. The van der Waals surface area contributed by atoms with E-state index in [4.69, 9.17) is 5.73 Å². The molecule has 0 saturated carbocycles. The van der Waals surface area contributed by atoms with Gasteiger partial charge in [0, 0.05) is 19.8 Å². The molecule has 0 atom stereocenters. The smallest absolute Gasteiger partial charge is 0.328 e. The molecule has 0 bridgehead atoms. The lowest BCUT2D eigenvalue weighted by atomic mass is 9.92. The van der Waals surface area contributed by atoms with Crippen LogP contribution in [0.1, 0.15) is 37.0 Å². The molecule has 1 aromatic rings. The van der Waals surface area contributed by atoms with Gasteiger partial charge in [-0.25, -0.2) is 4.79 Å². The maximum atomic E-state index is 12.1. The van der Waals surface area contributed by atoms with Crippen molar-refractivity contribution in [3.05, 3.63) is 32.6 Å². The van der Waals surface area contributed by atoms with Crippen molar-refractivity contribution >= 4 is 5.91 Å². The van der Waals surface area contributed by atoms with Crippen LogP contribution in [0, 0.1) is 0 Å². The lowest BCUT2D eigenvalue weighted by molar-refractivity contribution is 0.0892. The predicted octanol–water partition coefficient (Wildman–Crippen LogP) is -0.679. The Bertz CT molecular complexity index is 561. The molecular formula is C12H20N4O3. The van der Waals surface area contributed by atoms with Gasteiger partial charge in [0.15, 0.2) is 0 Å². The van der Waals surface area contributed by atoms with Crippen LogP contribution < -0.4 is 22.3 Å². The summed E-state index contributed by atoms with van der Waals surface area (Å²) in [6, 6.07) is 0. The molecule has 1 amide bonds. The topological polar surface area (TPSA) is 110 Å². The number of nitrogens with two attached hydrogens (primary N) is 1. The fraction of sp³-hybridized carbons (Fsp3) is 0.583. The van der Waals surface area contributed by atoms with Crippen molar-refractivity contribution < 1.29 is 4.79 Å². The number of hydrogen-bond acceptors (Lipinski definition) is 4. The number of H-pyrrole nitrogens is 1. The SMILES string of the molecule is CCC(CC)(CN)NC(=O)c1c[nH]c(=O)n(C)c1=O. The van der Waals surface area contributed by atoms with Crippen LogP contribution in [0.15, 0.2) is 15.8 Å². The zero-order valence-electron chi connectivity index (χ0n) is 11.4. The Morgan fingerprint density at radius 1 is 1.42 bits per heavy atom. The first-order valence-electron chi connectivity index (χ1n) is 6.22. The van der Waals surface area contributed by atoms with Gasteiger partial charge in [-0.05, 0) is 12.8 Å². The number of amides is 1. The highest BCUT2D eigenvalue weighted by Crippen LogP contribution is 2.13. The third-order valence-corrected chi connectivity index (χ3v) is 3.55. The monoisotopic (exact) mass is 268 g/mol. The average molecular weight is 268 g/mol. The minimum absolute atomic E-state index is 0.0955. The first kappa shape index (κ1) is 15.2. The molecule has 1 heterocycles. The van der Waals surface area contributed by atoms with Crippen molar-refractivity contribution in [2.45, 2.75) is 32.2 Å². The molecule has 7 nitrogen and oxygen atoms in total. The molecule has 0 unspecified atom stereocenters. The van der Waals surface area contributed by atoms with Gasteiger partial charge in [0.2, 0.25) is 0 Å². The number of aromatic amines is 1. The Hall–Kier alpha value is -1.89.